The Bertz CT molecular complexity index is 107. The third kappa shape index (κ3) is 6.08. The zero-order chi connectivity index (χ0) is 8.69. The average Bonchev–Trinajstić information content (AvgIpc) is 2.00. The molecule has 0 aromatic carbocycles. The first kappa shape index (κ1) is 10.7. The largest absolute Gasteiger partial charge is 0.300 e. The second-order valence-electron chi connectivity index (χ2n) is 3.34. The van der Waals surface area contributed by atoms with E-state index in [4.69, 9.17) is 0 Å². The van der Waals surface area contributed by atoms with Gasteiger partial charge in [-0.15, -0.1) is 0 Å². The molecule has 0 aliphatic carbocycles. The summed E-state index contributed by atoms with van der Waals surface area (Å²) in [5.41, 5.74) is 0. The van der Waals surface area contributed by atoms with Gasteiger partial charge in [0, 0.05) is 12.8 Å². The van der Waals surface area contributed by atoms with Crippen LogP contribution < -0.4 is 0 Å². The lowest BCUT2D eigenvalue weighted by atomic mass is 9.98. The van der Waals surface area contributed by atoms with Crippen LogP contribution in [0.15, 0.2) is 0 Å². The number of carbonyl (C=O) groups excluding carboxylic acids is 1. The van der Waals surface area contributed by atoms with Crippen molar-refractivity contribution in [1.82, 2.24) is 0 Å². The van der Waals surface area contributed by atoms with Crippen LogP contribution in [-0.2, 0) is 4.79 Å². The molecular formula is C10H20O. The molecule has 1 nitrogen and oxygen atoms in total. The minimum atomic E-state index is 0.411. The molecule has 0 aromatic rings. The quantitative estimate of drug-likeness (QED) is 0.577. The number of ketones is 1. The first-order valence-corrected chi connectivity index (χ1v) is 4.72. The lowest BCUT2D eigenvalue weighted by molar-refractivity contribution is -0.119. The van der Waals surface area contributed by atoms with Crippen LogP contribution in [0.3, 0.4) is 0 Å². The minimum absolute atomic E-state index is 0.411. The zero-order valence-electron chi connectivity index (χ0n) is 8.02. The smallest absolute Gasteiger partial charge is 0.132 e. The molecule has 1 atom stereocenters. The molecule has 0 bridgehead atoms. The third-order valence-electron chi connectivity index (χ3n) is 2.02. The fourth-order valence-corrected chi connectivity index (χ4v) is 1.19. The predicted octanol–water partition coefficient (Wildman–Crippen LogP) is 3.18. The van der Waals surface area contributed by atoms with E-state index < -0.39 is 0 Å². The monoisotopic (exact) mass is 156 g/mol. The van der Waals surface area contributed by atoms with Gasteiger partial charge in [-0.25, -0.2) is 0 Å². The molecule has 0 saturated heterocycles. The Labute approximate surface area is 70.2 Å². The Morgan fingerprint density at radius 1 is 1.36 bits per heavy atom. The molecule has 66 valence electrons. The zero-order valence-corrected chi connectivity index (χ0v) is 8.02. The fourth-order valence-electron chi connectivity index (χ4n) is 1.19. The molecule has 0 aliphatic heterocycles. The molecule has 0 saturated carbocycles. The Balaban J connectivity index is 3.35. The van der Waals surface area contributed by atoms with Gasteiger partial charge in [0.2, 0.25) is 0 Å². The van der Waals surface area contributed by atoms with Gasteiger partial charge in [-0.05, 0) is 5.92 Å². The fraction of sp³-hybridized carbons (Fsp3) is 0.900. The Kier molecular flexibility index (Phi) is 6.19. The van der Waals surface area contributed by atoms with Crippen LogP contribution in [-0.4, -0.2) is 5.78 Å². The average molecular weight is 156 g/mol. The SMILES string of the molecule is CCCC[C@@H](C)CC(=O)CC. The van der Waals surface area contributed by atoms with Crippen molar-refractivity contribution < 1.29 is 4.79 Å². The molecule has 0 N–H and O–H groups in total. The molecule has 0 fully saturated rings. The molecule has 0 aromatic heterocycles. The number of hydrogen-bond acceptors (Lipinski definition) is 1. The summed E-state index contributed by atoms with van der Waals surface area (Å²) < 4.78 is 0. The normalized spacial score (nSPS) is 13.0. The molecule has 0 unspecified atom stereocenters. The van der Waals surface area contributed by atoms with Gasteiger partial charge in [0.15, 0.2) is 0 Å². The van der Waals surface area contributed by atoms with E-state index in [-0.39, 0.29) is 0 Å². The van der Waals surface area contributed by atoms with Gasteiger partial charge >= 0.3 is 0 Å². The van der Waals surface area contributed by atoms with E-state index in [0.29, 0.717) is 18.1 Å². The summed E-state index contributed by atoms with van der Waals surface area (Å²) in [6.45, 7) is 6.30. The van der Waals surface area contributed by atoms with E-state index in [9.17, 15) is 4.79 Å². The van der Waals surface area contributed by atoms with Gasteiger partial charge in [0.25, 0.3) is 0 Å². The molecule has 0 radical (unpaired) electrons. The van der Waals surface area contributed by atoms with Crippen LogP contribution in [0.1, 0.15) is 52.9 Å². The lowest BCUT2D eigenvalue weighted by Gasteiger charge is -2.07. The van der Waals surface area contributed by atoms with Gasteiger partial charge in [-0.2, -0.15) is 0 Å². The van der Waals surface area contributed by atoms with E-state index in [1.54, 1.807) is 0 Å². The number of carbonyl (C=O) groups is 1. The van der Waals surface area contributed by atoms with E-state index in [1.807, 2.05) is 6.92 Å². The van der Waals surface area contributed by atoms with E-state index in [2.05, 4.69) is 13.8 Å². The van der Waals surface area contributed by atoms with Crippen molar-refractivity contribution >= 4 is 5.78 Å². The van der Waals surface area contributed by atoms with Gasteiger partial charge < -0.3 is 0 Å². The first-order chi connectivity index (χ1) is 5.20. The van der Waals surface area contributed by atoms with Crippen molar-refractivity contribution in [1.29, 1.82) is 0 Å². The Morgan fingerprint density at radius 2 is 2.00 bits per heavy atom. The van der Waals surface area contributed by atoms with E-state index in [0.717, 1.165) is 6.42 Å². The van der Waals surface area contributed by atoms with Gasteiger partial charge in [-0.1, -0.05) is 40.0 Å². The molecule has 0 amide bonds. The second-order valence-corrected chi connectivity index (χ2v) is 3.34. The third-order valence-corrected chi connectivity index (χ3v) is 2.02. The van der Waals surface area contributed by atoms with Gasteiger partial charge in [0.1, 0.15) is 5.78 Å². The highest BCUT2D eigenvalue weighted by atomic mass is 16.1. The van der Waals surface area contributed by atoms with Crippen molar-refractivity contribution in [3.63, 3.8) is 0 Å². The molecule has 0 aliphatic rings. The summed E-state index contributed by atoms with van der Waals surface area (Å²) in [6, 6.07) is 0. The van der Waals surface area contributed by atoms with Gasteiger partial charge in [-0.3, -0.25) is 4.79 Å². The van der Waals surface area contributed by atoms with Crippen LogP contribution in [0, 0.1) is 5.92 Å². The second kappa shape index (κ2) is 6.38. The van der Waals surface area contributed by atoms with Crippen LogP contribution in [0.4, 0.5) is 0 Å². The summed E-state index contributed by atoms with van der Waals surface area (Å²) in [6.07, 6.45) is 5.21. The Hall–Kier alpha value is -0.330. The van der Waals surface area contributed by atoms with Gasteiger partial charge in [0.05, 0.1) is 0 Å². The van der Waals surface area contributed by atoms with Crippen LogP contribution >= 0.6 is 0 Å². The Morgan fingerprint density at radius 3 is 2.45 bits per heavy atom. The highest BCUT2D eigenvalue weighted by Gasteiger charge is 2.05. The van der Waals surface area contributed by atoms with E-state index in [1.165, 1.54) is 19.3 Å². The summed E-state index contributed by atoms with van der Waals surface area (Å²) in [7, 11) is 0. The van der Waals surface area contributed by atoms with Crippen LogP contribution in [0.25, 0.3) is 0 Å². The highest BCUT2D eigenvalue weighted by molar-refractivity contribution is 5.78. The standard InChI is InChI=1S/C10H20O/c1-4-6-7-9(3)8-10(11)5-2/h9H,4-8H2,1-3H3/t9-/m1/s1. The minimum Gasteiger partial charge on any atom is -0.300 e. The summed E-state index contributed by atoms with van der Waals surface area (Å²) in [4.78, 5) is 11.0. The molecule has 0 spiro atoms. The van der Waals surface area contributed by atoms with Crippen LogP contribution in [0.5, 0.6) is 0 Å². The molecule has 1 heteroatoms. The van der Waals surface area contributed by atoms with Crippen LogP contribution in [0.2, 0.25) is 0 Å². The lowest BCUT2D eigenvalue weighted by Crippen LogP contribution is -2.03. The summed E-state index contributed by atoms with van der Waals surface area (Å²) >= 11 is 0. The number of rotatable bonds is 6. The summed E-state index contributed by atoms with van der Waals surface area (Å²) in [5.74, 6) is 1.01. The molecular weight excluding hydrogens is 136 g/mol. The maximum absolute atomic E-state index is 11.0. The highest BCUT2D eigenvalue weighted by Crippen LogP contribution is 2.12. The number of hydrogen-bond donors (Lipinski definition) is 0. The number of unbranched alkanes of at least 4 members (excludes halogenated alkanes) is 1. The van der Waals surface area contributed by atoms with Crippen molar-refractivity contribution in [3.05, 3.63) is 0 Å². The molecule has 0 heterocycles. The van der Waals surface area contributed by atoms with Crippen molar-refractivity contribution in [2.24, 2.45) is 5.92 Å². The number of Topliss-reactive ketones (excluding diaryl/α,β-unsaturated/α-hetero) is 1. The first-order valence-electron chi connectivity index (χ1n) is 4.72. The van der Waals surface area contributed by atoms with Crippen molar-refractivity contribution in [3.8, 4) is 0 Å². The van der Waals surface area contributed by atoms with Crippen molar-refractivity contribution in [2.75, 3.05) is 0 Å². The summed E-state index contributed by atoms with van der Waals surface area (Å²) in [5, 5.41) is 0. The predicted molar refractivity (Wildman–Crippen MR) is 48.6 cm³/mol. The molecule has 11 heavy (non-hydrogen) atoms. The molecule has 0 rings (SSSR count). The topological polar surface area (TPSA) is 17.1 Å². The van der Waals surface area contributed by atoms with Crippen molar-refractivity contribution in [2.45, 2.75) is 52.9 Å². The van der Waals surface area contributed by atoms with E-state index >= 15 is 0 Å². The maximum atomic E-state index is 11.0. The maximum Gasteiger partial charge on any atom is 0.132 e.